The van der Waals surface area contributed by atoms with E-state index >= 15 is 0 Å². The lowest BCUT2D eigenvalue weighted by atomic mass is 10.0. The van der Waals surface area contributed by atoms with Crippen LogP contribution in [0.1, 0.15) is 61.5 Å². The molecule has 17 heavy (non-hydrogen) atoms. The van der Waals surface area contributed by atoms with Gasteiger partial charge in [-0.15, -0.1) is 0 Å². The van der Waals surface area contributed by atoms with E-state index in [4.69, 9.17) is 9.40 Å². The normalized spacial score (nSPS) is 29.7. The van der Waals surface area contributed by atoms with E-state index in [0.29, 0.717) is 12.1 Å². The molecule has 0 radical (unpaired) electrons. The highest BCUT2D eigenvalue weighted by molar-refractivity contribution is 5.15. The van der Waals surface area contributed by atoms with Crippen molar-refractivity contribution in [3.05, 3.63) is 17.3 Å². The first-order valence-corrected chi connectivity index (χ1v) is 6.78. The molecule has 1 aromatic heterocycles. The van der Waals surface area contributed by atoms with Gasteiger partial charge in [0, 0.05) is 0 Å². The van der Waals surface area contributed by atoms with E-state index in [-0.39, 0.29) is 0 Å². The first-order chi connectivity index (χ1) is 8.34. The molecule has 1 aromatic rings. The van der Waals surface area contributed by atoms with E-state index in [2.05, 4.69) is 10.6 Å². The number of hydrogen-bond acceptors (Lipinski definition) is 4. The Morgan fingerprint density at radius 2 is 1.82 bits per heavy atom. The van der Waals surface area contributed by atoms with Gasteiger partial charge in [0.2, 0.25) is 5.89 Å². The molecular formula is C13H21N3O. The summed E-state index contributed by atoms with van der Waals surface area (Å²) < 4.78 is 5.84. The maximum absolute atomic E-state index is 5.84. The van der Waals surface area contributed by atoms with E-state index in [9.17, 15) is 0 Å². The van der Waals surface area contributed by atoms with Gasteiger partial charge in [0.25, 0.3) is 0 Å². The first kappa shape index (κ1) is 11.2. The maximum Gasteiger partial charge on any atom is 0.211 e. The highest BCUT2D eigenvalue weighted by Gasteiger charge is 2.26. The second-order valence-corrected chi connectivity index (χ2v) is 5.14. The van der Waals surface area contributed by atoms with Crippen LogP contribution >= 0.6 is 0 Å². The lowest BCUT2D eigenvalue weighted by Gasteiger charge is -2.21. The molecule has 2 atom stereocenters. The minimum Gasteiger partial charge on any atom is -0.444 e. The molecule has 3 heterocycles. The zero-order valence-electron chi connectivity index (χ0n) is 10.5. The Labute approximate surface area is 102 Å². The summed E-state index contributed by atoms with van der Waals surface area (Å²) in [5.41, 5.74) is 1.13. The summed E-state index contributed by atoms with van der Waals surface area (Å²) in [4.78, 5) is 4.72. The molecule has 2 saturated heterocycles. The van der Waals surface area contributed by atoms with Gasteiger partial charge in [0.05, 0.1) is 17.8 Å². The van der Waals surface area contributed by atoms with Crippen molar-refractivity contribution in [3.8, 4) is 0 Å². The average Bonchev–Trinajstić information content (AvgIpc) is 2.99. The number of aryl methyl sites for hydroxylation is 1. The van der Waals surface area contributed by atoms with E-state index in [1.807, 2.05) is 6.92 Å². The third-order valence-electron chi connectivity index (χ3n) is 3.85. The zero-order chi connectivity index (χ0) is 11.7. The third-order valence-corrected chi connectivity index (χ3v) is 3.85. The summed E-state index contributed by atoms with van der Waals surface area (Å²) in [7, 11) is 0. The first-order valence-electron chi connectivity index (χ1n) is 6.78. The Balaban J connectivity index is 1.79. The Bertz CT molecular complexity index is 376. The molecule has 0 bridgehead atoms. The molecule has 0 aromatic carbocycles. The van der Waals surface area contributed by atoms with Gasteiger partial charge >= 0.3 is 0 Å². The minimum atomic E-state index is 0.339. The SMILES string of the molecule is Cc1oc(C2CCCN2)nc1C1CCCCN1. The van der Waals surface area contributed by atoms with Crippen molar-refractivity contribution in [2.75, 3.05) is 13.1 Å². The van der Waals surface area contributed by atoms with Gasteiger partial charge in [-0.25, -0.2) is 4.98 Å². The van der Waals surface area contributed by atoms with Crippen molar-refractivity contribution in [3.63, 3.8) is 0 Å². The van der Waals surface area contributed by atoms with Crippen LogP contribution in [0, 0.1) is 6.92 Å². The van der Waals surface area contributed by atoms with Gasteiger partial charge in [0.15, 0.2) is 0 Å². The lowest BCUT2D eigenvalue weighted by molar-refractivity contribution is 0.397. The number of rotatable bonds is 2. The number of oxazole rings is 1. The van der Waals surface area contributed by atoms with Gasteiger partial charge in [-0.3, -0.25) is 0 Å². The number of aromatic nitrogens is 1. The predicted octanol–water partition coefficient (Wildman–Crippen LogP) is 2.22. The molecule has 3 rings (SSSR count). The molecular weight excluding hydrogens is 214 g/mol. The van der Waals surface area contributed by atoms with E-state index in [1.165, 1.54) is 25.7 Å². The third kappa shape index (κ3) is 2.24. The second-order valence-electron chi connectivity index (χ2n) is 5.14. The van der Waals surface area contributed by atoms with Crippen molar-refractivity contribution < 1.29 is 4.42 Å². The largest absolute Gasteiger partial charge is 0.444 e. The van der Waals surface area contributed by atoms with E-state index in [1.54, 1.807) is 0 Å². The zero-order valence-corrected chi connectivity index (χ0v) is 10.5. The number of nitrogens with one attached hydrogen (secondary N) is 2. The molecule has 0 amide bonds. The fourth-order valence-corrected chi connectivity index (χ4v) is 2.88. The standard InChI is InChI=1S/C13H21N3O/c1-9-12(10-5-2-3-7-14-10)16-13(17-9)11-6-4-8-15-11/h10-11,14-15H,2-8H2,1H3. The van der Waals surface area contributed by atoms with E-state index in [0.717, 1.165) is 36.9 Å². The molecule has 0 aliphatic carbocycles. The quantitative estimate of drug-likeness (QED) is 0.825. The summed E-state index contributed by atoms with van der Waals surface area (Å²) in [6, 6.07) is 0.744. The summed E-state index contributed by atoms with van der Waals surface area (Å²) >= 11 is 0. The van der Waals surface area contributed by atoms with Crippen LogP contribution in [-0.2, 0) is 0 Å². The van der Waals surface area contributed by atoms with Crippen molar-refractivity contribution in [2.45, 2.75) is 51.1 Å². The molecule has 0 saturated carbocycles. The monoisotopic (exact) mass is 235 g/mol. The predicted molar refractivity (Wildman–Crippen MR) is 65.8 cm³/mol. The highest BCUT2D eigenvalue weighted by atomic mass is 16.4. The fraction of sp³-hybridized carbons (Fsp3) is 0.769. The van der Waals surface area contributed by atoms with Crippen LogP contribution in [0.25, 0.3) is 0 Å². The molecule has 2 N–H and O–H groups in total. The van der Waals surface area contributed by atoms with Gasteiger partial charge in [-0.1, -0.05) is 6.42 Å². The summed E-state index contributed by atoms with van der Waals surface area (Å²) in [6.07, 6.45) is 6.14. The molecule has 0 spiro atoms. The van der Waals surface area contributed by atoms with Crippen LogP contribution in [0.4, 0.5) is 0 Å². The summed E-state index contributed by atoms with van der Waals surface area (Å²) in [6.45, 7) is 4.23. The number of piperidine rings is 1. The van der Waals surface area contributed by atoms with Crippen LogP contribution in [0.3, 0.4) is 0 Å². The van der Waals surface area contributed by atoms with Gasteiger partial charge < -0.3 is 15.1 Å². The topological polar surface area (TPSA) is 50.1 Å². The lowest BCUT2D eigenvalue weighted by Crippen LogP contribution is -2.27. The van der Waals surface area contributed by atoms with Crippen LogP contribution in [0.2, 0.25) is 0 Å². The van der Waals surface area contributed by atoms with Crippen LogP contribution in [0.15, 0.2) is 4.42 Å². The van der Waals surface area contributed by atoms with Crippen LogP contribution < -0.4 is 10.6 Å². The molecule has 2 fully saturated rings. The van der Waals surface area contributed by atoms with Crippen LogP contribution in [0.5, 0.6) is 0 Å². The molecule has 2 aliphatic rings. The molecule has 2 aliphatic heterocycles. The molecule has 2 unspecified atom stereocenters. The van der Waals surface area contributed by atoms with Crippen LogP contribution in [-0.4, -0.2) is 18.1 Å². The summed E-state index contributed by atoms with van der Waals surface area (Å²) in [5, 5.41) is 6.98. The summed E-state index contributed by atoms with van der Waals surface area (Å²) in [5.74, 6) is 1.88. The smallest absolute Gasteiger partial charge is 0.211 e. The number of hydrogen-bond donors (Lipinski definition) is 2. The minimum absolute atomic E-state index is 0.339. The average molecular weight is 235 g/mol. The molecule has 94 valence electrons. The molecule has 4 nitrogen and oxygen atoms in total. The Hall–Kier alpha value is -0.870. The van der Waals surface area contributed by atoms with Gasteiger partial charge in [-0.2, -0.15) is 0 Å². The maximum atomic E-state index is 5.84. The Morgan fingerprint density at radius 3 is 2.53 bits per heavy atom. The Kier molecular flexibility index (Phi) is 3.16. The highest BCUT2D eigenvalue weighted by Crippen LogP contribution is 2.29. The van der Waals surface area contributed by atoms with Crippen molar-refractivity contribution in [2.24, 2.45) is 0 Å². The number of nitrogens with zero attached hydrogens (tertiary/aromatic N) is 1. The molecule has 4 heteroatoms. The van der Waals surface area contributed by atoms with E-state index < -0.39 is 0 Å². The van der Waals surface area contributed by atoms with Gasteiger partial charge in [0.1, 0.15) is 5.76 Å². The fourth-order valence-electron chi connectivity index (χ4n) is 2.88. The Morgan fingerprint density at radius 1 is 1.06 bits per heavy atom. The van der Waals surface area contributed by atoms with Gasteiger partial charge in [-0.05, 0) is 45.7 Å². The second kappa shape index (κ2) is 4.78. The van der Waals surface area contributed by atoms with Crippen molar-refractivity contribution in [1.82, 2.24) is 15.6 Å². The van der Waals surface area contributed by atoms with Crippen molar-refractivity contribution >= 4 is 0 Å². The van der Waals surface area contributed by atoms with Crippen molar-refractivity contribution in [1.29, 1.82) is 0 Å².